The van der Waals surface area contributed by atoms with Gasteiger partial charge in [0.2, 0.25) is 0 Å². The van der Waals surface area contributed by atoms with E-state index in [4.69, 9.17) is 19.9 Å². The van der Waals surface area contributed by atoms with Crippen molar-refractivity contribution >= 4 is 11.6 Å². The van der Waals surface area contributed by atoms with E-state index in [9.17, 15) is 0 Å². The molecule has 2 aromatic rings. The summed E-state index contributed by atoms with van der Waals surface area (Å²) in [6.07, 6.45) is 0.631. The molecule has 0 heterocycles. The SMILES string of the molecule is COc1cc(OC)c(CCN=C(N)Nc2cc(C)cc(C)c2)c(OC)c1. The standard InChI is InChI=1S/C20H27N3O3/c1-13-8-14(2)10-15(9-13)23-20(21)22-7-6-17-18(25-4)11-16(24-3)12-19(17)26-5/h8-12H,6-7H2,1-5H3,(H3,21,22,23). The summed E-state index contributed by atoms with van der Waals surface area (Å²) < 4.78 is 16.2. The number of methoxy groups -OCH3 is 3. The van der Waals surface area contributed by atoms with Crippen LogP contribution < -0.4 is 25.3 Å². The molecule has 0 aromatic heterocycles. The summed E-state index contributed by atoms with van der Waals surface area (Å²) in [6, 6.07) is 9.84. The summed E-state index contributed by atoms with van der Waals surface area (Å²) in [5, 5.41) is 3.13. The van der Waals surface area contributed by atoms with Crippen LogP contribution in [0, 0.1) is 13.8 Å². The van der Waals surface area contributed by atoms with Crippen molar-refractivity contribution < 1.29 is 14.2 Å². The number of nitrogens with one attached hydrogen (secondary N) is 1. The van der Waals surface area contributed by atoms with Crippen molar-refractivity contribution in [2.24, 2.45) is 10.7 Å². The molecular weight excluding hydrogens is 330 g/mol. The number of benzene rings is 2. The zero-order valence-corrected chi connectivity index (χ0v) is 16.1. The first-order valence-corrected chi connectivity index (χ1v) is 8.41. The number of aliphatic imine (C=N–C) groups is 1. The molecule has 0 aliphatic rings. The van der Waals surface area contributed by atoms with Gasteiger partial charge in [-0.05, 0) is 43.5 Å². The quantitative estimate of drug-likeness (QED) is 0.587. The Balaban J connectivity index is 2.09. The van der Waals surface area contributed by atoms with Gasteiger partial charge in [0.1, 0.15) is 17.2 Å². The Kier molecular flexibility index (Phi) is 6.72. The monoisotopic (exact) mass is 357 g/mol. The number of hydrogen-bond acceptors (Lipinski definition) is 4. The first-order chi connectivity index (χ1) is 12.5. The molecule has 0 spiro atoms. The Hall–Kier alpha value is -2.89. The fourth-order valence-electron chi connectivity index (χ4n) is 2.85. The topological polar surface area (TPSA) is 78.1 Å². The Morgan fingerprint density at radius 1 is 0.923 bits per heavy atom. The summed E-state index contributed by atoms with van der Waals surface area (Å²) in [5.41, 5.74) is 10.2. The molecule has 140 valence electrons. The van der Waals surface area contributed by atoms with E-state index in [0.29, 0.717) is 36.2 Å². The lowest BCUT2D eigenvalue weighted by Gasteiger charge is -2.14. The number of nitrogens with zero attached hydrogens (tertiary/aromatic N) is 1. The molecule has 2 rings (SSSR count). The fraction of sp³-hybridized carbons (Fsp3) is 0.350. The van der Waals surface area contributed by atoms with Crippen LogP contribution in [0.5, 0.6) is 17.2 Å². The van der Waals surface area contributed by atoms with Gasteiger partial charge >= 0.3 is 0 Å². The number of rotatable bonds is 7. The van der Waals surface area contributed by atoms with E-state index in [1.54, 1.807) is 21.3 Å². The van der Waals surface area contributed by atoms with Crippen LogP contribution in [0.3, 0.4) is 0 Å². The number of ether oxygens (including phenoxy) is 3. The summed E-state index contributed by atoms with van der Waals surface area (Å²) in [5.74, 6) is 2.47. The lowest BCUT2D eigenvalue weighted by molar-refractivity contribution is 0.369. The lowest BCUT2D eigenvalue weighted by Crippen LogP contribution is -2.23. The molecule has 0 bridgehead atoms. The van der Waals surface area contributed by atoms with Crippen LogP contribution in [0.1, 0.15) is 16.7 Å². The van der Waals surface area contributed by atoms with Crippen molar-refractivity contribution in [1.29, 1.82) is 0 Å². The second-order valence-electron chi connectivity index (χ2n) is 6.03. The van der Waals surface area contributed by atoms with Gasteiger partial charge in [-0.25, -0.2) is 0 Å². The Bertz CT molecular complexity index is 743. The van der Waals surface area contributed by atoms with Crippen molar-refractivity contribution in [3.8, 4) is 17.2 Å². The molecule has 6 nitrogen and oxygen atoms in total. The lowest BCUT2D eigenvalue weighted by atomic mass is 10.1. The van der Waals surface area contributed by atoms with Crippen molar-refractivity contribution in [3.63, 3.8) is 0 Å². The highest BCUT2D eigenvalue weighted by molar-refractivity contribution is 5.92. The molecule has 0 unspecified atom stereocenters. The second kappa shape index (κ2) is 8.99. The van der Waals surface area contributed by atoms with E-state index in [1.165, 1.54) is 11.1 Å². The zero-order valence-electron chi connectivity index (χ0n) is 16.1. The summed E-state index contributed by atoms with van der Waals surface area (Å²) in [4.78, 5) is 4.41. The third kappa shape index (κ3) is 5.05. The highest BCUT2D eigenvalue weighted by Gasteiger charge is 2.12. The number of guanidine groups is 1. The van der Waals surface area contributed by atoms with Gasteiger partial charge in [-0.15, -0.1) is 0 Å². The maximum atomic E-state index is 6.01. The van der Waals surface area contributed by atoms with E-state index in [1.807, 2.05) is 38.1 Å². The van der Waals surface area contributed by atoms with Crippen LogP contribution in [-0.2, 0) is 6.42 Å². The van der Waals surface area contributed by atoms with Crippen LogP contribution in [0.2, 0.25) is 0 Å². The van der Waals surface area contributed by atoms with E-state index in [2.05, 4.69) is 16.4 Å². The summed E-state index contributed by atoms with van der Waals surface area (Å²) >= 11 is 0. The van der Waals surface area contributed by atoms with Crippen molar-refractivity contribution in [2.45, 2.75) is 20.3 Å². The first kappa shape index (κ1) is 19.4. The predicted molar refractivity (Wildman–Crippen MR) is 106 cm³/mol. The highest BCUT2D eigenvalue weighted by Crippen LogP contribution is 2.34. The zero-order chi connectivity index (χ0) is 19.1. The number of aryl methyl sites for hydroxylation is 2. The predicted octanol–water partition coefficient (Wildman–Crippen LogP) is 3.30. The van der Waals surface area contributed by atoms with E-state index in [-0.39, 0.29) is 0 Å². The van der Waals surface area contributed by atoms with Crippen LogP contribution >= 0.6 is 0 Å². The van der Waals surface area contributed by atoms with Crippen LogP contribution in [-0.4, -0.2) is 33.8 Å². The van der Waals surface area contributed by atoms with Gasteiger partial charge < -0.3 is 25.3 Å². The molecule has 0 aliphatic carbocycles. The molecule has 0 radical (unpaired) electrons. The fourth-order valence-corrected chi connectivity index (χ4v) is 2.85. The summed E-state index contributed by atoms with van der Waals surface area (Å²) in [7, 11) is 4.85. The van der Waals surface area contributed by atoms with E-state index >= 15 is 0 Å². The molecule has 26 heavy (non-hydrogen) atoms. The van der Waals surface area contributed by atoms with Crippen LogP contribution in [0.15, 0.2) is 35.3 Å². The number of hydrogen-bond donors (Lipinski definition) is 2. The minimum Gasteiger partial charge on any atom is -0.496 e. The van der Waals surface area contributed by atoms with Gasteiger partial charge in [0.15, 0.2) is 5.96 Å². The first-order valence-electron chi connectivity index (χ1n) is 8.41. The largest absolute Gasteiger partial charge is 0.496 e. The normalized spacial score (nSPS) is 11.2. The molecule has 0 atom stereocenters. The minimum atomic E-state index is 0.376. The molecule has 6 heteroatoms. The van der Waals surface area contributed by atoms with Gasteiger partial charge in [0.05, 0.1) is 21.3 Å². The molecular formula is C20H27N3O3. The Morgan fingerprint density at radius 3 is 2.00 bits per heavy atom. The smallest absolute Gasteiger partial charge is 0.193 e. The molecule has 0 fully saturated rings. The molecule has 0 saturated carbocycles. The number of nitrogens with two attached hydrogens (primary N) is 1. The van der Waals surface area contributed by atoms with Crippen LogP contribution in [0.4, 0.5) is 5.69 Å². The average molecular weight is 357 g/mol. The molecule has 0 amide bonds. The third-order valence-electron chi connectivity index (χ3n) is 3.96. The van der Waals surface area contributed by atoms with Gasteiger partial charge in [0, 0.05) is 29.9 Å². The van der Waals surface area contributed by atoms with Gasteiger partial charge in [-0.1, -0.05) is 6.07 Å². The Morgan fingerprint density at radius 2 is 1.50 bits per heavy atom. The minimum absolute atomic E-state index is 0.376. The second-order valence-corrected chi connectivity index (χ2v) is 6.03. The third-order valence-corrected chi connectivity index (χ3v) is 3.96. The Labute approximate surface area is 155 Å². The summed E-state index contributed by atoms with van der Waals surface area (Å²) in [6.45, 7) is 4.60. The van der Waals surface area contributed by atoms with E-state index in [0.717, 1.165) is 11.3 Å². The van der Waals surface area contributed by atoms with Gasteiger partial charge in [-0.3, -0.25) is 4.99 Å². The van der Waals surface area contributed by atoms with Gasteiger partial charge in [0.25, 0.3) is 0 Å². The molecule has 2 aromatic carbocycles. The number of anilines is 1. The maximum Gasteiger partial charge on any atom is 0.193 e. The maximum absolute atomic E-state index is 6.01. The van der Waals surface area contributed by atoms with E-state index < -0.39 is 0 Å². The molecule has 0 aliphatic heterocycles. The van der Waals surface area contributed by atoms with Crippen molar-refractivity contribution in [1.82, 2.24) is 0 Å². The van der Waals surface area contributed by atoms with Gasteiger partial charge in [-0.2, -0.15) is 0 Å². The molecule has 0 saturated heterocycles. The molecule has 3 N–H and O–H groups in total. The van der Waals surface area contributed by atoms with Crippen LogP contribution in [0.25, 0.3) is 0 Å². The average Bonchev–Trinajstić information content (AvgIpc) is 2.60. The van der Waals surface area contributed by atoms with Crippen molar-refractivity contribution in [2.75, 3.05) is 33.2 Å². The van der Waals surface area contributed by atoms with Crippen molar-refractivity contribution in [3.05, 3.63) is 47.0 Å². The highest BCUT2D eigenvalue weighted by atomic mass is 16.5.